The maximum atomic E-state index is 11.3. The minimum atomic E-state index is -3.08. The lowest BCUT2D eigenvalue weighted by Gasteiger charge is -2.20. The predicted octanol–water partition coefficient (Wildman–Crippen LogP) is 0.357. The van der Waals surface area contributed by atoms with Gasteiger partial charge in [-0.25, -0.2) is 8.42 Å². The van der Waals surface area contributed by atoms with Crippen molar-refractivity contribution in [3.8, 4) is 6.07 Å². The fourth-order valence-electron chi connectivity index (χ4n) is 1.64. The SMILES string of the molecule is N#CC1(NCCCN=[N+]=[N-])CCS(=O)(=O)C1. The van der Waals surface area contributed by atoms with Crippen LogP contribution < -0.4 is 5.32 Å². The number of nitrogens with one attached hydrogen (secondary N) is 1. The van der Waals surface area contributed by atoms with Crippen molar-refractivity contribution in [2.24, 2.45) is 5.11 Å². The van der Waals surface area contributed by atoms with Crippen molar-refractivity contribution in [3.63, 3.8) is 0 Å². The Hall–Kier alpha value is -1.29. The average molecular weight is 243 g/mol. The van der Waals surface area contributed by atoms with Crippen molar-refractivity contribution in [1.29, 1.82) is 5.26 Å². The lowest BCUT2D eigenvalue weighted by Crippen LogP contribution is -2.45. The highest BCUT2D eigenvalue weighted by Gasteiger charge is 2.42. The highest BCUT2D eigenvalue weighted by Crippen LogP contribution is 2.22. The molecule has 0 bridgehead atoms. The topological polar surface area (TPSA) is 119 Å². The van der Waals surface area contributed by atoms with E-state index in [2.05, 4.69) is 15.3 Å². The van der Waals surface area contributed by atoms with Crippen molar-refractivity contribution in [2.45, 2.75) is 18.4 Å². The minimum Gasteiger partial charge on any atom is -0.299 e. The van der Waals surface area contributed by atoms with Gasteiger partial charge in [0.15, 0.2) is 9.84 Å². The molecule has 1 N–H and O–H groups in total. The number of nitriles is 1. The van der Waals surface area contributed by atoms with E-state index in [4.69, 9.17) is 10.8 Å². The summed E-state index contributed by atoms with van der Waals surface area (Å²) in [6, 6.07) is 2.03. The summed E-state index contributed by atoms with van der Waals surface area (Å²) < 4.78 is 22.6. The Morgan fingerprint density at radius 3 is 2.88 bits per heavy atom. The van der Waals surface area contributed by atoms with Gasteiger partial charge in [-0.1, -0.05) is 5.11 Å². The highest BCUT2D eigenvalue weighted by molar-refractivity contribution is 7.91. The van der Waals surface area contributed by atoms with Crippen molar-refractivity contribution in [2.75, 3.05) is 24.6 Å². The Balaban J connectivity index is 2.45. The normalized spacial score (nSPS) is 26.9. The molecule has 1 aliphatic heterocycles. The Morgan fingerprint density at radius 2 is 2.38 bits per heavy atom. The Bertz CT molecular complexity index is 434. The molecule has 1 fully saturated rings. The maximum absolute atomic E-state index is 11.3. The monoisotopic (exact) mass is 243 g/mol. The van der Waals surface area contributed by atoms with Crippen LogP contribution in [0.3, 0.4) is 0 Å². The fraction of sp³-hybridized carbons (Fsp3) is 0.875. The Morgan fingerprint density at radius 1 is 1.62 bits per heavy atom. The van der Waals surface area contributed by atoms with Crippen LogP contribution in [0.25, 0.3) is 10.4 Å². The molecule has 1 aliphatic rings. The molecule has 0 spiro atoms. The van der Waals surface area contributed by atoms with Crippen LogP contribution in [-0.4, -0.2) is 38.6 Å². The zero-order chi connectivity index (χ0) is 12.1. The van der Waals surface area contributed by atoms with Gasteiger partial charge in [-0.2, -0.15) is 5.26 Å². The average Bonchev–Trinajstić information content (AvgIpc) is 2.55. The Labute approximate surface area is 94.0 Å². The van der Waals surface area contributed by atoms with E-state index in [-0.39, 0.29) is 11.5 Å². The van der Waals surface area contributed by atoms with E-state index < -0.39 is 15.4 Å². The first-order valence-corrected chi connectivity index (χ1v) is 6.73. The molecule has 0 aliphatic carbocycles. The molecule has 8 heteroatoms. The van der Waals surface area contributed by atoms with E-state index >= 15 is 0 Å². The number of sulfone groups is 1. The third-order valence-corrected chi connectivity index (χ3v) is 4.24. The first-order chi connectivity index (χ1) is 7.54. The third-order valence-electron chi connectivity index (χ3n) is 2.48. The molecule has 7 nitrogen and oxygen atoms in total. The van der Waals surface area contributed by atoms with Crippen molar-refractivity contribution >= 4 is 9.84 Å². The summed E-state index contributed by atoms with van der Waals surface area (Å²) in [6.45, 7) is 0.819. The molecule has 1 rings (SSSR count). The summed E-state index contributed by atoms with van der Waals surface area (Å²) in [5, 5.41) is 15.3. The van der Waals surface area contributed by atoms with Crippen LogP contribution in [0.15, 0.2) is 5.11 Å². The molecule has 1 atom stereocenters. The van der Waals surface area contributed by atoms with E-state index in [1.165, 1.54) is 0 Å². The van der Waals surface area contributed by atoms with Crippen molar-refractivity contribution in [1.82, 2.24) is 5.32 Å². The van der Waals surface area contributed by atoms with Crippen LogP contribution in [0, 0.1) is 11.3 Å². The molecular formula is C8H13N5O2S. The quantitative estimate of drug-likeness (QED) is 0.324. The van der Waals surface area contributed by atoms with Crippen LogP contribution in [0.1, 0.15) is 12.8 Å². The number of hydrogen-bond donors (Lipinski definition) is 1. The van der Waals surface area contributed by atoms with Gasteiger partial charge >= 0.3 is 0 Å². The lowest BCUT2D eigenvalue weighted by molar-refractivity contribution is 0.452. The van der Waals surface area contributed by atoms with Crippen LogP contribution >= 0.6 is 0 Å². The minimum absolute atomic E-state index is 0.0594. The molecule has 0 amide bonds. The van der Waals surface area contributed by atoms with Crippen LogP contribution in [0.2, 0.25) is 0 Å². The van der Waals surface area contributed by atoms with Crippen molar-refractivity contribution < 1.29 is 8.42 Å². The molecule has 0 radical (unpaired) electrons. The highest BCUT2D eigenvalue weighted by atomic mass is 32.2. The molecule has 88 valence electrons. The Kier molecular flexibility index (Phi) is 4.12. The van der Waals surface area contributed by atoms with Gasteiger partial charge in [0.05, 0.1) is 17.6 Å². The standard InChI is InChI=1S/C8H13N5O2S/c9-6-8(2-5-16(14,15)7-8)11-3-1-4-12-13-10/h11H,1-5,7H2. The molecular weight excluding hydrogens is 230 g/mol. The second kappa shape index (κ2) is 5.16. The fourth-order valence-corrected chi connectivity index (χ4v) is 3.50. The summed E-state index contributed by atoms with van der Waals surface area (Å²) in [5.41, 5.74) is 7.10. The number of hydrogen-bond acceptors (Lipinski definition) is 5. The molecule has 0 aromatic carbocycles. The molecule has 16 heavy (non-hydrogen) atoms. The lowest BCUT2D eigenvalue weighted by atomic mass is 10.0. The summed E-state index contributed by atoms with van der Waals surface area (Å²) in [7, 11) is -3.08. The van der Waals surface area contributed by atoms with Crippen molar-refractivity contribution in [3.05, 3.63) is 10.4 Å². The first-order valence-electron chi connectivity index (χ1n) is 4.91. The van der Waals surface area contributed by atoms with Crippen LogP contribution in [0.5, 0.6) is 0 Å². The second-order valence-electron chi connectivity index (χ2n) is 3.77. The van der Waals surface area contributed by atoms with E-state index in [1.807, 2.05) is 6.07 Å². The van der Waals surface area contributed by atoms with Gasteiger partial charge in [0.2, 0.25) is 0 Å². The first kappa shape index (κ1) is 12.8. The zero-order valence-electron chi connectivity index (χ0n) is 8.76. The molecule has 0 aromatic heterocycles. The molecule has 0 saturated carbocycles. The predicted molar refractivity (Wildman–Crippen MR) is 58.2 cm³/mol. The van der Waals surface area contributed by atoms with E-state index in [0.717, 1.165) is 0 Å². The zero-order valence-corrected chi connectivity index (χ0v) is 9.57. The smallest absolute Gasteiger partial charge is 0.153 e. The third kappa shape index (κ3) is 3.38. The summed E-state index contributed by atoms with van der Waals surface area (Å²) in [5.74, 6) is -0.0675. The summed E-state index contributed by atoms with van der Waals surface area (Å²) in [6.07, 6.45) is 0.918. The largest absolute Gasteiger partial charge is 0.299 e. The van der Waals surface area contributed by atoms with E-state index in [1.54, 1.807) is 0 Å². The van der Waals surface area contributed by atoms with Crippen LogP contribution in [0.4, 0.5) is 0 Å². The maximum Gasteiger partial charge on any atom is 0.153 e. The second-order valence-corrected chi connectivity index (χ2v) is 5.95. The van der Waals surface area contributed by atoms with Gasteiger partial charge in [-0.15, -0.1) is 0 Å². The van der Waals surface area contributed by atoms with E-state index in [0.29, 0.717) is 25.9 Å². The van der Waals surface area contributed by atoms with Gasteiger partial charge in [-0.3, -0.25) is 5.32 Å². The number of azide groups is 1. The van der Waals surface area contributed by atoms with Gasteiger partial charge in [0.1, 0.15) is 5.54 Å². The number of nitrogens with zero attached hydrogens (tertiary/aromatic N) is 4. The van der Waals surface area contributed by atoms with Gasteiger partial charge in [0.25, 0.3) is 0 Å². The van der Waals surface area contributed by atoms with E-state index in [9.17, 15) is 8.42 Å². The number of rotatable bonds is 5. The summed E-state index contributed by atoms with van der Waals surface area (Å²) in [4.78, 5) is 2.60. The van der Waals surface area contributed by atoms with Gasteiger partial charge < -0.3 is 0 Å². The van der Waals surface area contributed by atoms with Gasteiger partial charge in [-0.05, 0) is 24.9 Å². The molecule has 1 saturated heterocycles. The molecule has 1 heterocycles. The molecule has 0 aromatic rings. The summed E-state index contributed by atoms with van der Waals surface area (Å²) >= 11 is 0. The molecule has 1 unspecified atom stereocenters. The van der Waals surface area contributed by atoms with Crippen LogP contribution in [-0.2, 0) is 9.84 Å². The van der Waals surface area contributed by atoms with Gasteiger partial charge in [0, 0.05) is 11.5 Å².